The Labute approximate surface area is 161 Å². The van der Waals surface area contributed by atoms with E-state index in [2.05, 4.69) is 5.32 Å². The second-order valence-corrected chi connectivity index (χ2v) is 6.08. The minimum Gasteiger partial charge on any atom is -0.493 e. The van der Waals surface area contributed by atoms with E-state index in [0.717, 1.165) is 5.56 Å². The minimum atomic E-state index is -0.304. The second-order valence-electron chi connectivity index (χ2n) is 6.08. The molecular formula is C21H19NO6. The first-order chi connectivity index (χ1) is 13.7. The second kappa shape index (κ2) is 7.96. The topological polar surface area (TPSA) is 79.2 Å². The van der Waals surface area contributed by atoms with Crippen LogP contribution in [0, 0.1) is 0 Å². The van der Waals surface area contributed by atoms with Crippen molar-refractivity contribution in [2.24, 2.45) is 0 Å². The van der Waals surface area contributed by atoms with Crippen molar-refractivity contribution in [2.75, 3.05) is 13.9 Å². The third-order valence-corrected chi connectivity index (χ3v) is 4.21. The van der Waals surface area contributed by atoms with Crippen LogP contribution in [-0.2, 0) is 13.2 Å². The van der Waals surface area contributed by atoms with E-state index in [0.29, 0.717) is 35.3 Å². The molecule has 0 atom stereocenters. The average Bonchev–Trinajstić information content (AvgIpc) is 3.39. The molecule has 1 N–H and O–H groups in total. The van der Waals surface area contributed by atoms with E-state index in [1.165, 1.54) is 0 Å². The highest BCUT2D eigenvalue weighted by Gasteiger charge is 2.15. The van der Waals surface area contributed by atoms with Gasteiger partial charge in [-0.05, 0) is 42.0 Å². The molecule has 1 amide bonds. The Morgan fingerprint density at radius 2 is 1.86 bits per heavy atom. The molecule has 0 radical (unpaired) electrons. The van der Waals surface area contributed by atoms with Gasteiger partial charge in [0.2, 0.25) is 6.79 Å². The van der Waals surface area contributed by atoms with Gasteiger partial charge in [-0.3, -0.25) is 4.79 Å². The summed E-state index contributed by atoms with van der Waals surface area (Å²) in [5.41, 5.74) is 0.906. The first-order valence-electron chi connectivity index (χ1n) is 8.74. The lowest BCUT2D eigenvalue weighted by molar-refractivity contribution is 0.0919. The lowest BCUT2D eigenvalue weighted by atomic mass is 10.2. The van der Waals surface area contributed by atoms with Gasteiger partial charge in [-0.25, -0.2) is 0 Å². The lowest BCUT2D eigenvalue weighted by Gasteiger charge is -2.08. The molecule has 2 heterocycles. The number of ether oxygens (including phenoxy) is 4. The summed E-state index contributed by atoms with van der Waals surface area (Å²) in [6.07, 6.45) is 0. The number of hydrogen-bond donors (Lipinski definition) is 1. The van der Waals surface area contributed by atoms with Crippen molar-refractivity contribution in [2.45, 2.75) is 13.2 Å². The van der Waals surface area contributed by atoms with Crippen LogP contribution in [0.25, 0.3) is 0 Å². The van der Waals surface area contributed by atoms with Crippen LogP contribution in [0.5, 0.6) is 23.0 Å². The third-order valence-electron chi connectivity index (χ3n) is 4.21. The molecule has 0 aliphatic carbocycles. The highest BCUT2D eigenvalue weighted by Crippen LogP contribution is 2.32. The molecule has 0 saturated carbocycles. The summed E-state index contributed by atoms with van der Waals surface area (Å²) >= 11 is 0. The summed E-state index contributed by atoms with van der Waals surface area (Å²) in [5, 5.41) is 2.82. The van der Waals surface area contributed by atoms with Crippen LogP contribution < -0.4 is 24.3 Å². The SMILES string of the molecule is COc1ccccc1OCc1ccc(C(=O)NCc2ccc3c(c2)OCO3)o1. The van der Waals surface area contributed by atoms with Crippen molar-refractivity contribution in [1.82, 2.24) is 5.32 Å². The number of hydrogen-bond acceptors (Lipinski definition) is 6. The zero-order valence-electron chi connectivity index (χ0n) is 15.3. The smallest absolute Gasteiger partial charge is 0.287 e. The number of fused-ring (bicyclic) bond motifs is 1. The Hall–Kier alpha value is -3.61. The van der Waals surface area contributed by atoms with E-state index in [1.54, 1.807) is 25.3 Å². The van der Waals surface area contributed by atoms with E-state index in [4.69, 9.17) is 23.4 Å². The van der Waals surface area contributed by atoms with Gasteiger partial charge in [-0.2, -0.15) is 0 Å². The molecule has 0 unspecified atom stereocenters. The first-order valence-corrected chi connectivity index (χ1v) is 8.74. The monoisotopic (exact) mass is 381 g/mol. The number of para-hydroxylation sites is 2. The number of nitrogens with one attached hydrogen (secondary N) is 1. The summed E-state index contributed by atoms with van der Waals surface area (Å²) in [7, 11) is 1.58. The molecule has 1 aliphatic rings. The molecule has 4 rings (SSSR count). The molecule has 0 spiro atoms. The predicted molar refractivity (Wildman–Crippen MR) is 99.8 cm³/mol. The van der Waals surface area contributed by atoms with Gasteiger partial charge in [0.15, 0.2) is 28.8 Å². The Morgan fingerprint density at radius 3 is 2.71 bits per heavy atom. The summed E-state index contributed by atoms with van der Waals surface area (Å²) in [6, 6.07) is 16.2. The van der Waals surface area contributed by atoms with Crippen LogP contribution in [0.1, 0.15) is 21.9 Å². The predicted octanol–water partition coefficient (Wildman–Crippen LogP) is 3.53. The largest absolute Gasteiger partial charge is 0.493 e. The molecule has 7 heteroatoms. The molecule has 0 saturated heterocycles. The summed E-state index contributed by atoms with van der Waals surface area (Å²) in [4.78, 5) is 12.3. The van der Waals surface area contributed by atoms with Crippen molar-refractivity contribution >= 4 is 5.91 Å². The quantitative estimate of drug-likeness (QED) is 0.675. The van der Waals surface area contributed by atoms with Gasteiger partial charge < -0.3 is 28.7 Å². The van der Waals surface area contributed by atoms with Crippen molar-refractivity contribution in [1.29, 1.82) is 0 Å². The van der Waals surface area contributed by atoms with Gasteiger partial charge in [0.25, 0.3) is 5.91 Å². The fourth-order valence-corrected chi connectivity index (χ4v) is 2.78. The van der Waals surface area contributed by atoms with Crippen LogP contribution in [0.2, 0.25) is 0 Å². The Bertz CT molecular complexity index is 981. The van der Waals surface area contributed by atoms with Crippen molar-refractivity contribution in [3.8, 4) is 23.0 Å². The molecular weight excluding hydrogens is 362 g/mol. The highest BCUT2D eigenvalue weighted by atomic mass is 16.7. The molecule has 28 heavy (non-hydrogen) atoms. The van der Waals surface area contributed by atoms with Gasteiger partial charge in [-0.1, -0.05) is 18.2 Å². The fraction of sp³-hybridized carbons (Fsp3) is 0.190. The van der Waals surface area contributed by atoms with Gasteiger partial charge >= 0.3 is 0 Å². The number of methoxy groups -OCH3 is 1. The van der Waals surface area contributed by atoms with Crippen molar-refractivity contribution < 1.29 is 28.2 Å². The highest BCUT2D eigenvalue weighted by molar-refractivity contribution is 5.91. The van der Waals surface area contributed by atoms with E-state index >= 15 is 0 Å². The number of carbonyl (C=O) groups excluding carboxylic acids is 1. The van der Waals surface area contributed by atoms with Crippen LogP contribution in [0.15, 0.2) is 59.0 Å². The van der Waals surface area contributed by atoms with Crippen molar-refractivity contribution in [3.63, 3.8) is 0 Å². The average molecular weight is 381 g/mol. The molecule has 1 aliphatic heterocycles. The van der Waals surface area contributed by atoms with Crippen LogP contribution in [-0.4, -0.2) is 19.8 Å². The van der Waals surface area contributed by atoms with Crippen LogP contribution >= 0.6 is 0 Å². The number of rotatable bonds is 7. The van der Waals surface area contributed by atoms with Crippen LogP contribution in [0.4, 0.5) is 0 Å². The number of furan rings is 1. The standard InChI is InChI=1S/C21H19NO6/c1-24-16-4-2-3-5-17(16)25-12-15-7-9-19(28-15)21(23)22-11-14-6-8-18-20(10-14)27-13-26-18/h2-10H,11-13H2,1H3,(H,22,23). The fourth-order valence-electron chi connectivity index (χ4n) is 2.78. The van der Waals surface area contributed by atoms with Gasteiger partial charge in [0.1, 0.15) is 12.4 Å². The number of carbonyl (C=O) groups is 1. The maximum Gasteiger partial charge on any atom is 0.287 e. The lowest BCUT2D eigenvalue weighted by Crippen LogP contribution is -2.22. The molecule has 0 bridgehead atoms. The summed E-state index contributed by atoms with van der Waals surface area (Å²) in [6.45, 7) is 0.760. The zero-order chi connectivity index (χ0) is 19.3. The Morgan fingerprint density at radius 1 is 1.04 bits per heavy atom. The zero-order valence-corrected chi connectivity index (χ0v) is 15.3. The maximum atomic E-state index is 12.3. The van der Waals surface area contributed by atoms with Gasteiger partial charge in [0, 0.05) is 6.54 Å². The normalized spacial score (nSPS) is 11.9. The first kappa shape index (κ1) is 17.8. The van der Waals surface area contributed by atoms with E-state index in [9.17, 15) is 4.79 Å². The molecule has 7 nitrogen and oxygen atoms in total. The van der Waals surface area contributed by atoms with Crippen molar-refractivity contribution in [3.05, 3.63) is 71.7 Å². The minimum absolute atomic E-state index is 0.190. The third kappa shape index (κ3) is 3.88. The molecule has 0 fully saturated rings. The summed E-state index contributed by atoms with van der Waals surface area (Å²) in [5.74, 6) is 3.09. The number of benzene rings is 2. The molecule has 2 aromatic carbocycles. The van der Waals surface area contributed by atoms with Gasteiger partial charge in [-0.15, -0.1) is 0 Å². The molecule has 1 aromatic heterocycles. The van der Waals surface area contributed by atoms with E-state index < -0.39 is 0 Å². The van der Waals surface area contributed by atoms with Crippen LogP contribution in [0.3, 0.4) is 0 Å². The number of amides is 1. The van der Waals surface area contributed by atoms with E-state index in [1.807, 2.05) is 36.4 Å². The Balaban J connectivity index is 1.32. The maximum absolute atomic E-state index is 12.3. The molecule has 3 aromatic rings. The van der Waals surface area contributed by atoms with E-state index in [-0.39, 0.29) is 25.1 Å². The molecule has 144 valence electrons. The van der Waals surface area contributed by atoms with Gasteiger partial charge in [0.05, 0.1) is 7.11 Å². The summed E-state index contributed by atoms with van der Waals surface area (Å²) < 4.78 is 27.1. The Kier molecular flexibility index (Phi) is 5.05.